The van der Waals surface area contributed by atoms with Crippen molar-refractivity contribution in [1.29, 1.82) is 0 Å². The van der Waals surface area contributed by atoms with Crippen LogP contribution in [0.5, 0.6) is 0 Å². The van der Waals surface area contributed by atoms with Crippen LogP contribution in [-0.2, 0) is 0 Å². The van der Waals surface area contributed by atoms with Gasteiger partial charge in [0.05, 0.1) is 6.54 Å². The third-order valence-electron chi connectivity index (χ3n) is 5.25. The van der Waals surface area contributed by atoms with Crippen LogP contribution >= 0.6 is 12.4 Å². The highest BCUT2D eigenvalue weighted by atomic mass is 35.5. The maximum Gasteiger partial charge on any atom is 0.191 e. The molecular weight excluding hydrogens is 330 g/mol. The molecule has 1 heterocycles. The van der Waals surface area contributed by atoms with Crippen LogP contribution < -0.4 is 10.6 Å². The highest BCUT2D eigenvalue weighted by Gasteiger charge is 2.32. The molecule has 1 aliphatic carbocycles. The molecule has 2 fully saturated rings. The number of rotatable bonds is 4. The summed E-state index contributed by atoms with van der Waals surface area (Å²) in [4.78, 5) is 4.89. The van der Waals surface area contributed by atoms with E-state index < -0.39 is 0 Å². The molecule has 0 spiro atoms. The summed E-state index contributed by atoms with van der Waals surface area (Å²) in [6, 6.07) is 22.5. The Balaban J connectivity index is 0.00000182. The molecule has 2 aromatic carbocycles. The highest BCUT2D eigenvalue weighted by molar-refractivity contribution is 5.85. The van der Waals surface area contributed by atoms with Gasteiger partial charge in [0.1, 0.15) is 0 Å². The molecule has 1 saturated heterocycles. The maximum atomic E-state index is 4.89. The molecule has 3 nitrogen and oxygen atoms in total. The van der Waals surface area contributed by atoms with Crippen molar-refractivity contribution in [1.82, 2.24) is 10.6 Å². The molecule has 0 unspecified atom stereocenters. The van der Waals surface area contributed by atoms with Gasteiger partial charge in [0.25, 0.3) is 0 Å². The fourth-order valence-corrected chi connectivity index (χ4v) is 3.92. The molecule has 0 radical (unpaired) electrons. The van der Waals surface area contributed by atoms with Gasteiger partial charge in [-0.3, -0.25) is 4.99 Å². The Hall–Kier alpha value is -2.00. The molecule has 0 bridgehead atoms. The SMILES string of the molecule is Cl.c1ccc(C(CN=C2N[C@H]3CCCC[C@@H]3N2)c2ccccc2)cc1. The minimum absolute atomic E-state index is 0. The lowest BCUT2D eigenvalue weighted by Gasteiger charge is -2.23. The number of guanidine groups is 1. The van der Waals surface area contributed by atoms with Gasteiger partial charge >= 0.3 is 0 Å². The van der Waals surface area contributed by atoms with E-state index in [1.807, 2.05) is 0 Å². The Kier molecular flexibility index (Phi) is 5.98. The first-order chi connectivity index (χ1) is 11.9. The second-order valence-electron chi connectivity index (χ2n) is 6.85. The quantitative estimate of drug-likeness (QED) is 0.866. The van der Waals surface area contributed by atoms with Crippen molar-refractivity contribution < 1.29 is 0 Å². The smallest absolute Gasteiger partial charge is 0.191 e. The average molecular weight is 356 g/mol. The summed E-state index contributed by atoms with van der Waals surface area (Å²) in [6.07, 6.45) is 5.19. The summed E-state index contributed by atoms with van der Waals surface area (Å²) >= 11 is 0. The summed E-state index contributed by atoms with van der Waals surface area (Å²) in [6.45, 7) is 0.767. The zero-order valence-corrected chi connectivity index (χ0v) is 15.2. The molecule has 4 heteroatoms. The number of nitrogens with zero attached hydrogens (tertiary/aromatic N) is 1. The Morgan fingerprint density at radius 2 is 1.28 bits per heavy atom. The van der Waals surface area contributed by atoms with E-state index >= 15 is 0 Å². The topological polar surface area (TPSA) is 36.4 Å². The van der Waals surface area contributed by atoms with E-state index in [1.165, 1.54) is 36.8 Å². The highest BCUT2D eigenvalue weighted by Crippen LogP contribution is 2.26. The molecule has 0 aromatic heterocycles. The second-order valence-corrected chi connectivity index (χ2v) is 6.85. The number of hydrogen-bond donors (Lipinski definition) is 2. The summed E-state index contributed by atoms with van der Waals surface area (Å²) in [5.41, 5.74) is 2.65. The normalized spacial score (nSPS) is 21.7. The fourth-order valence-electron chi connectivity index (χ4n) is 3.92. The lowest BCUT2D eigenvalue weighted by Crippen LogP contribution is -2.36. The Bertz CT molecular complexity index is 631. The van der Waals surface area contributed by atoms with Crippen molar-refractivity contribution >= 4 is 18.4 Å². The molecule has 2 atom stereocenters. The minimum atomic E-state index is 0. The van der Waals surface area contributed by atoms with Crippen molar-refractivity contribution in [3.8, 4) is 0 Å². The summed E-state index contributed by atoms with van der Waals surface area (Å²) in [7, 11) is 0. The molecule has 0 amide bonds. The maximum absolute atomic E-state index is 4.89. The molecule has 1 aliphatic heterocycles. The predicted octanol–water partition coefficient (Wildman–Crippen LogP) is 4.10. The number of fused-ring (bicyclic) bond motifs is 1. The molecular formula is C21H26ClN3. The van der Waals surface area contributed by atoms with Crippen LogP contribution in [0, 0.1) is 0 Å². The molecule has 132 valence electrons. The van der Waals surface area contributed by atoms with Crippen LogP contribution in [0.2, 0.25) is 0 Å². The van der Waals surface area contributed by atoms with Crippen molar-refractivity contribution in [3.05, 3.63) is 71.8 Å². The second kappa shape index (κ2) is 8.39. The molecule has 2 aromatic rings. The van der Waals surface area contributed by atoms with Crippen LogP contribution in [0.1, 0.15) is 42.7 Å². The first kappa shape index (κ1) is 17.8. The largest absolute Gasteiger partial charge is 0.352 e. The van der Waals surface area contributed by atoms with E-state index in [1.54, 1.807) is 0 Å². The van der Waals surface area contributed by atoms with Crippen molar-refractivity contribution in [3.63, 3.8) is 0 Å². The van der Waals surface area contributed by atoms with Crippen LogP contribution in [0.4, 0.5) is 0 Å². The molecule has 1 saturated carbocycles. The van der Waals surface area contributed by atoms with E-state index in [0.717, 1.165) is 12.5 Å². The number of benzene rings is 2. The van der Waals surface area contributed by atoms with Gasteiger partial charge in [-0.05, 0) is 24.0 Å². The van der Waals surface area contributed by atoms with E-state index in [-0.39, 0.29) is 12.4 Å². The predicted molar refractivity (Wildman–Crippen MR) is 107 cm³/mol. The van der Waals surface area contributed by atoms with E-state index in [4.69, 9.17) is 4.99 Å². The molecule has 4 rings (SSSR count). The van der Waals surface area contributed by atoms with Crippen molar-refractivity contribution in [2.24, 2.45) is 4.99 Å². The van der Waals surface area contributed by atoms with E-state index in [0.29, 0.717) is 18.0 Å². The number of hydrogen-bond acceptors (Lipinski definition) is 1. The molecule has 25 heavy (non-hydrogen) atoms. The van der Waals surface area contributed by atoms with Gasteiger partial charge in [-0.15, -0.1) is 12.4 Å². The number of halogens is 1. The molecule has 2 aliphatic rings. The summed E-state index contributed by atoms with van der Waals surface area (Å²) < 4.78 is 0. The van der Waals surface area contributed by atoms with Gasteiger partial charge in [-0.25, -0.2) is 0 Å². The van der Waals surface area contributed by atoms with Crippen LogP contribution in [0.25, 0.3) is 0 Å². The van der Waals surface area contributed by atoms with Gasteiger partial charge in [-0.2, -0.15) is 0 Å². The molecule has 2 N–H and O–H groups in total. The lowest BCUT2D eigenvalue weighted by molar-refractivity contribution is 0.374. The Morgan fingerprint density at radius 1 is 0.800 bits per heavy atom. The zero-order valence-electron chi connectivity index (χ0n) is 14.4. The van der Waals surface area contributed by atoms with E-state index in [9.17, 15) is 0 Å². The first-order valence-corrected chi connectivity index (χ1v) is 9.07. The lowest BCUT2D eigenvalue weighted by atomic mass is 9.91. The third kappa shape index (κ3) is 4.16. The van der Waals surface area contributed by atoms with Gasteiger partial charge < -0.3 is 10.6 Å². The van der Waals surface area contributed by atoms with Gasteiger partial charge in [-0.1, -0.05) is 73.5 Å². The van der Waals surface area contributed by atoms with E-state index in [2.05, 4.69) is 71.3 Å². The van der Waals surface area contributed by atoms with Gasteiger partial charge in [0, 0.05) is 18.0 Å². The first-order valence-electron chi connectivity index (χ1n) is 9.07. The van der Waals surface area contributed by atoms with Crippen molar-refractivity contribution in [2.45, 2.75) is 43.7 Å². The fraction of sp³-hybridized carbons (Fsp3) is 0.381. The van der Waals surface area contributed by atoms with Gasteiger partial charge in [0.2, 0.25) is 0 Å². The summed E-state index contributed by atoms with van der Waals surface area (Å²) in [5.74, 6) is 1.29. The standard InChI is InChI=1S/C21H25N3.ClH/c1-3-9-16(10-4-1)18(17-11-5-2-6-12-17)15-22-21-23-19-13-7-8-14-20(19)24-21;/h1-6,9-12,18-20H,7-8,13-15H2,(H2,22,23,24);1H/t19-,20-;/m0./s1. The average Bonchev–Trinajstić information content (AvgIpc) is 3.07. The Labute approximate surface area is 156 Å². The summed E-state index contributed by atoms with van der Waals surface area (Å²) in [5, 5.41) is 7.18. The van der Waals surface area contributed by atoms with Gasteiger partial charge in [0.15, 0.2) is 5.96 Å². The monoisotopic (exact) mass is 355 g/mol. The third-order valence-corrected chi connectivity index (χ3v) is 5.25. The Morgan fingerprint density at radius 3 is 1.76 bits per heavy atom. The number of nitrogens with one attached hydrogen (secondary N) is 2. The van der Waals surface area contributed by atoms with Crippen LogP contribution in [0.3, 0.4) is 0 Å². The zero-order chi connectivity index (χ0) is 16.2. The van der Waals surface area contributed by atoms with Crippen LogP contribution in [0.15, 0.2) is 65.7 Å². The van der Waals surface area contributed by atoms with Crippen molar-refractivity contribution in [2.75, 3.05) is 6.54 Å². The number of aliphatic imine (C=N–C) groups is 1. The minimum Gasteiger partial charge on any atom is -0.352 e. The van der Waals surface area contributed by atoms with Crippen LogP contribution in [-0.4, -0.2) is 24.6 Å².